The fourth-order valence-electron chi connectivity index (χ4n) is 1.97. The van der Waals surface area contributed by atoms with Crippen LogP contribution in [0.1, 0.15) is 0 Å². The summed E-state index contributed by atoms with van der Waals surface area (Å²) in [5.74, 6) is -0.645. The molecule has 0 fully saturated rings. The minimum absolute atomic E-state index is 0.0600. The van der Waals surface area contributed by atoms with E-state index in [2.05, 4.69) is 4.98 Å². The zero-order valence-electron chi connectivity index (χ0n) is 10.8. The van der Waals surface area contributed by atoms with Crippen LogP contribution in [0.3, 0.4) is 0 Å². The highest BCUT2D eigenvalue weighted by Gasteiger charge is 2.23. The maximum Gasteiger partial charge on any atom is 0.155 e. The van der Waals surface area contributed by atoms with E-state index in [1.807, 2.05) is 30.3 Å². The molecule has 112 valence electrons. The van der Waals surface area contributed by atoms with Gasteiger partial charge in [-0.25, -0.2) is 4.98 Å². The van der Waals surface area contributed by atoms with Gasteiger partial charge in [-0.05, 0) is 0 Å². The van der Waals surface area contributed by atoms with Crippen LogP contribution in [0.5, 0.6) is 11.5 Å². The predicted octanol–water partition coefficient (Wildman–Crippen LogP) is 5.85. The lowest BCUT2D eigenvalue weighted by atomic mass is 10.1. The molecule has 2 aromatic carbocycles. The monoisotopic (exact) mass is 371 g/mol. The van der Waals surface area contributed by atoms with Gasteiger partial charge in [-0.2, -0.15) is 0 Å². The number of hydrogen-bond donors (Lipinski definition) is 2. The Kier molecular flexibility index (Phi) is 4.19. The highest BCUT2D eigenvalue weighted by Crippen LogP contribution is 2.52. The van der Waals surface area contributed by atoms with Gasteiger partial charge in [0.15, 0.2) is 5.75 Å². The highest BCUT2D eigenvalue weighted by molar-refractivity contribution is 7.18. The van der Waals surface area contributed by atoms with E-state index in [1.54, 1.807) is 6.20 Å². The molecule has 3 nitrogen and oxygen atoms in total. The van der Waals surface area contributed by atoms with Gasteiger partial charge >= 0.3 is 0 Å². The Morgan fingerprint density at radius 3 is 2.18 bits per heavy atom. The van der Waals surface area contributed by atoms with Crippen molar-refractivity contribution in [2.24, 2.45) is 0 Å². The van der Waals surface area contributed by atoms with Crippen molar-refractivity contribution in [1.29, 1.82) is 0 Å². The molecule has 0 radical (unpaired) electrons. The van der Waals surface area contributed by atoms with Crippen molar-refractivity contribution in [3.8, 4) is 32.5 Å². The molecule has 0 spiro atoms. The van der Waals surface area contributed by atoms with E-state index in [9.17, 15) is 10.2 Å². The molecule has 0 aliphatic carbocycles. The highest BCUT2D eigenvalue weighted by atomic mass is 35.5. The van der Waals surface area contributed by atoms with Crippen LogP contribution in [0.15, 0.2) is 36.5 Å². The molecule has 0 amide bonds. The molecule has 0 saturated carbocycles. The largest absolute Gasteiger partial charge is 0.506 e. The average molecular weight is 373 g/mol. The van der Waals surface area contributed by atoms with Crippen LogP contribution in [0, 0.1) is 0 Å². The average Bonchev–Trinajstić information content (AvgIpc) is 3.02. The van der Waals surface area contributed by atoms with Crippen molar-refractivity contribution in [3.63, 3.8) is 0 Å². The van der Waals surface area contributed by atoms with Crippen LogP contribution in [0.2, 0.25) is 15.1 Å². The van der Waals surface area contributed by atoms with E-state index in [0.29, 0.717) is 4.88 Å². The Bertz CT molecular complexity index is 820. The lowest BCUT2D eigenvalue weighted by Gasteiger charge is -2.10. The van der Waals surface area contributed by atoms with E-state index in [0.717, 1.165) is 10.6 Å². The van der Waals surface area contributed by atoms with Gasteiger partial charge in [-0.1, -0.05) is 65.1 Å². The predicted molar refractivity (Wildman–Crippen MR) is 91.3 cm³/mol. The second-order valence-electron chi connectivity index (χ2n) is 4.41. The molecular formula is C15H8Cl3NO2S. The molecule has 7 heteroatoms. The molecule has 3 aromatic rings. The Balaban J connectivity index is 2.16. The fourth-order valence-corrected chi connectivity index (χ4v) is 3.70. The number of rotatable bonds is 2. The molecule has 1 aromatic heterocycles. The molecule has 0 aliphatic heterocycles. The third-order valence-electron chi connectivity index (χ3n) is 3.05. The van der Waals surface area contributed by atoms with E-state index >= 15 is 0 Å². The molecule has 0 aliphatic rings. The van der Waals surface area contributed by atoms with Gasteiger partial charge in [-0.15, -0.1) is 11.3 Å². The van der Waals surface area contributed by atoms with Gasteiger partial charge < -0.3 is 10.2 Å². The summed E-state index contributed by atoms with van der Waals surface area (Å²) >= 11 is 19.1. The number of hydrogen-bond acceptors (Lipinski definition) is 4. The number of nitrogens with zero attached hydrogens (tertiary/aromatic N) is 1. The van der Waals surface area contributed by atoms with Crippen molar-refractivity contribution in [2.75, 3.05) is 0 Å². The maximum atomic E-state index is 10.2. The van der Waals surface area contributed by atoms with Gasteiger partial charge in [0.05, 0.1) is 15.5 Å². The third-order valence-corrected chi connectivity index (χ3v) is 5.31. The second kappa shape index (κ2) is 5.97. The minimum atomic E-state index is -0.365. The Hall–Kier alpha value is -1.46. The first-order valence-electron chi connectivity index (χ1n) is 6.10. The Labute approximate surface area is 145 Å². The molecule has 0 saturated heterocycles. The molecule has 3 rings (SSSR count). The number of benzene rings is 2. The summed E-state index contributed by atoms with van der Waals surface area (Å²) in [6.45, 7) is 0. The molecule has 2 N–H and O–H groups in total. The number of halogens is 3. The molecule has 0 bridgehead atoms. The van der Waals surface area contributed by atoms with Crippen molar-refractivity contribution in [3.05, 3.63) is 51.6 Å². The minimum Gasteiger partial charge on any atom is -0.506 e. The van der Waals surface area contributed by atoms with E-state index < -0.39 is 0 Å². The first-order valence-corrected chi connectivity index (χ1v) is 8.05. The molecule has 22 heavy (non-hydrogen) atoms. The first-order chi connectivity index (χ1) is 10.5. The summed E-state index contributed by atoms with van der Waals surface area (Å²) < 4.78 is 0. The Morgan fingerprint density at radius 1 is 0.864 bits per heavy atom. The summed E-state index contributed by atoms with van der Waals surface area (Å²) in [7, 11) is 0. The standard InChI is InChI=1S/C15H8Cl3NO2S/c16-10-9(13(20)11(17)12(18)14(10)21)8-6-19-15(22-8)7-4-2-1-3-5-7/h1-6,20-21H. The summed E-state index contributed by atoms with van der Waals surface area (Å²) in [6, 6.07) is 9.59. The summed E-state index contributed by atoms with van der Waals surface area (Å²) in [4.78, 5) is 4.90. The summed E-state index contributed by atoms with van der Waals surface area (Å²) in [6.07, 6.45) is 1.57. The lowest BCUT2D eigenvalue weighted by Crippen LogP contribution is -1.83. The maximum absolute atomic E-state index is 10.2. The zero-order chi connectivity index (χ0) is 15.9. The lowest BCUT2D eigenvalue weighted by molar-refractivity contribution is 0.462. The molecular weight excluding hydrogens is 365 g/mol. The van der Waals surface area contributed by atoms with Gasteiger partial charge in [0.25, 0.3) is 0 Å². The topological polar surface area (TPSA) is 53.4 Å². The van der Waals surface area contributed by atoms with Crippen molar-refractivity contribution >= 4 is 46.1 Å². The normalized spacial score (nSPS) is 10.9. The van der Waals surface area contributed by atoms with Crippen LogP contribution >= 0.6 is 46.1 Å². The van der Waals surface area contributed by atoms with Gasteiger partial charge in [-0.3, -0.25) is 0 Å². The molecule has 0 atom stereocenters. The van der Waals surface area contributed by atoms with Crippen LogP contribution in [0.4, 0.5) is 0 Å². The summed E-state index contributed by atoms with van der Waals surface area (Å²) in [5, 5.41) is 20.5. The van der Waals surface area contributed by atoms with Crippen LogP contribution < -0.4 is 0 Å². The first kappa shape index (κ1) is 15.4. The number of thiazole rings is 1. The van der Waals surface area contributed by atoms with E-state index in [1.165, 1.54) is 11.3 Å². The zero-order valence-corrected chi connectivity index (χ0v) is 13.9. The number of phenolic OH excluding ortho intramolecular Hbond substituents is 2. The number of aromatic hydroxyl groups is 2. The number of aromatic nitrogens is 1. The molecule has 0 unspecified atom stereocenters. The fraction of sp³-hybridized carbons (Fsp3) is 0. The van der Waals surface area contributed by atoms with E-state index in [-0.39, 0.29) is 32.1 Å². The van der Waals surface area contributed by atoms with Crippen molar-refractivity contribution < 1.29 is 10.2 Å². The SMILES string of the molecule is Oc1c(Cl)c(Cl)c(O)c(-c2cnc(-c3ccccc3)s2)c1Cl. The van der Waals surface area contributed by atoms with Crippen LogP contribution in [-0.2, 0) is 0 Å². The number of phenols is 2. The quantitative estimate of drug-likeness (QED) is 0.438. The van der Waals surface area contributed by atoms with Gasteiger partial charge in [0.2, 0.25) is 0 Å². The van der Waals surface area contributed by atoms with Crippen LogP contribution in [0.25, 0.3) is 21.0 Å². The Morgan fingerprint density at radius 2 is 1.50 bits per heavy atom. The van der Waals surface area contributed by atoms with E-state index in [4.69, 9.17) is 34.8 Å². The van der Waals surface area contributed by atoms with Crippen molar-refractivity contribution in [2.45, 2.75) is 0 Å². The van der Waals surface area contributed by atoms with Gasteiger partial charge in [0.1, 0.15) is 20.8 Å². The summed E-state index contributed by atoms with van der Waals surface area (Å²) in [5.41, 5.74) is 1.16. The molecule has 1 heterocycles. The van der Waals surface area contributed by atoms with Gasteiger partial charge in [0, 0.05) is 11.8 Å². The third kappa shape index (κ3) is 2.52. The van der Waals surface area contributed by atoms with Crippen LogP contribution in [-0.4, -0.2) is 15.2 Å². The van der Waals surface area contributed by atoms with Crippen molar-refractivity contribution in [1.82, 2.24) is 4.98 Å². The second-order valence-corrected chi connectivity index (χ2v) is 6.57. The smallest absolute Gasteiger partial charge is 0.155 e.